The highest BCUT2D eigenvalue weighted by Crippen LogP contribution is 2.09. The van der Waals surface area contributed by atoms with E-state index >= 15 is 0 Å². The van der Waals surface area contributed by atoms with Crippen LogP contribution in [0.4, 0.5) is 0 Å². The average Bonchev–Trinajstić information content (AvgIpc) is 2.03. The zero-order valence-corrected chi connectivity index (χ0v) is 7.34. The highest BCUT2D eigenvalue weighted by molar-refractivity contribution is 7.98. The lowest BCUT2D eigenvalue weighted by Crippen LogP contribution is -2.23. The molecule has 0 radical (unpaired) electrons. The van der Waals surface area contributed by atoms with Crippen LogP contribution in [0, 0.1) is 0 Å². The van der Waals surface area contributed by atoms with E-state index in [0.717, 1.165) is 6.54 Å². The van der Waals surface area contributed by atoms with Gasteiger partial charge in [0.1, 0.15) is 0 Å². The Kier molecular flexibility index (Phi) is 3.91. The molecule has 0 unspecified atom stereocenters. The molecule has 2 heteroatoms. The molecule has 1 saturated heterocycles. The Hall–Kier alpha value is 0.0500. The number of rotatable bonds is 2. The quantitative estimate of drug-likeness (QED) is 0.612. The van der Waals surface area contributed by atoms with E-state index in [1.807, 2.05) is 11.8 Å². The molecule has 0 bridgehead atoms. The van der Waals surface area contributed by atoms with E-state index in [2.05, 4.69) is 17.6 Å². The predicted octanol–water partition coefficient (Wildman–Crippen LogP) is 1.66. The molecular formula is C8H15NS. The minimum Gasteiger partial charge on any atom is -0.313 e. The van der Waals surface area contributed by atoms with Gasteiger partial charge in [-0.25, -0.2) is 0 Å². The Labute approximate surface area is 67.3 Å². The summed E-state index contributed by atoms with van der Waals surface area (Å²) in [6, 6.07) is 0. The van der Waals surface area contributed by atoms with Gasteiger partial charge >= 0.3 is 0 Å². The van der Waals surface area contributed by atoms with Crippen LogP contribution in [0.25, 0.3) is 0 Å². The highest BCUT2D eigenvalue weighted by Gasteiger charge is 2.02. The van der Waals surface area contributed by atoms with E-state index < -0.39 is 0 Å². The largest absolute Gasteiger partial charge is 0.313 e. The van der Waals surface area contributed by atoms with Gasteiger partial charge in [0.15, 0.2) is 0 Å². The van der Waals surface area contributed by atoms with Crippen molar-refractivity contribution < 1.29 is 0 Å². The molecule has 0 spiro atoms. The lowest BCUT2D eigenvalue weighted by Gasteiger charge is -2.14. The third-order valence-corrected chi connectivity index (χ3v) is 2.24. The minimum atomic E-state index is 1.13. The molecule has 10 heavy (non-hydrogen) atoms. The Morgan fingerprint density at radius 2 is 2.60 bits per heavy atom. The van der Waals surface area contributed by atoms with Crippen molar-refractivity contribution >= 4 is 11.8 Å². The maximum atomic E-state index is 3.37. The number of nitrogens with one attached hydrogen (secondary N) is 1. The summed E-state index contributed by atoms with van der Waals surface area (Å²) in [6.45, 7) is 2.33. The summed E-state index contributed by atoms with van der Waals surface area (Å²) in [4.78, 5) is 0. The molecule has 1 heterocycles. The van der Waals surface area contributed by atoms with Crippen LogP contribution in [-0.4, -0.2) is 25.1 Å². The summed E-state index contributed by atoms with van der Waals surface area (Å²) in [7, 11) is 0. The van der Waals surface area contributed by atoms with Crippen molar-refractivity contribution in [3.05, 3.63) is 11.6 Å². The van der Waals surface area contributed by atoms with E-state index in [1.54, 1.807) is 5.57 Å². The van der Waals surface area contributed by atoms with Crippen LogP contribution in [0.2, 0.25) is 0 Å². The van der Waals surface area contributed by atoms with Gasteiger partial charge in [0, 0.05) is 12.3 Å². The highest BCUT2D eigenvalue weighted by atomic mass is 32.2. The van der Waals surface area contributed by atoms with Crippen molar-refractivity contribution in [3.8, 4) is 0 Å². The molecule has 1 fully saturated rings. The van der Waals surface area contributed by atoms with E-state index in [4.69, 9.17) is 0 Å². The van der Waals surface area contributed by atoms with Gasteiger partial charge in [-0.3, -0.25) is 0 Å². The monoisotopic (exact) mass is 157 g/mol. The average molecular weight is 157 g/mol. The van der Waals surface area contributed by atoms with Gasteiger partial charge in [0.05, 0.1) is 0 Å². The second-order valence-corrected chi connectivity index (χ2v) is 3.51. The molecule has 0 aliphatic carbocycles. The predicted molar refractivity (Wildman–Crippen MR) is 48.6 cm³/mol. The third-order valence-electron chi connectivity index (χ3n) is 1.74. The summed E-state index contributed by atoms with van der Waals surface area (Å²) in [5.41, 5.74) is 1.60. The summed E-state index contributed by atoms with van der Waals surface area (Å²) in [5, 5.41) is 3.37. The molecule has 0 aromatic carbocycles. The maximum absolute atomic E-state index is 3.37. The first kappa shape index (κ1) is 8.15. The van der Waals surface area contributed by atoms with Gasteiger partial charge in [0.2, 0.25) is 0 Å². The summed E-state index contributed by atoms with van der Waals surface area (Å²) < 4.78 is 0. The summed E-state index contributed by atoms with van der Waals surface area (Å²) >= 11 is 1.89. The Bertz CT molecular complexity index is 112. The van der Waals surface area contributed by atoms with Gasteiger partial charge in [-0.15, -0.1) is 0 Å². The summed E-state index contributed by atoms with van der Waals surface area (Å²) in [6.07, 6.45) is 7.14. The third kappa shape index (κ3) is 2.76. The van der Waals surface area contributed by atoms with Crippen molar-refractivity contribution in [2.45, 2.75) is 12.8 Å². The zero-order chi connectivity index (χ0) is 7.23. The number of hydrogen-bond donors (Lipinski definition) is 1. The van der Waals surface area contributed by atoms with Crippen LogP contribution in [0.1, 0.15) is 12.8 Å². The first-order chi connectivity index (χ1) is 4.93. The van der Waals surface area contributed by atoms with Crippen LogP contribution in [0.15, 0.2) is 11.6 Å². The lowest BCUT2D eigenvalue weighted by molar-refractivity contribution is 0.609. The van der Waals surface area contributed by atoms with E-state index in [1.165, 1.54) is 25.1 Å². The Balaban J connectivity index is 2.23. The first-order valence-electron chi connectivity index (χ1n) is 3.81. The van der Waals surface area contributed by atoms with Crippen molar-refractivity contribution in [2.75, 3.05) is 25.1 Å². The number of hydrogen-bond acceptors (Lipinski definition) is 2. The molecule has 0 saturated carbocycles. The van der Waals surface area contributed by atoms with Crippen molar-refractivity contribution in [1.82, 2.24) is 5.32 Å². The molecule has 1 aliphatic rings. The minimum absolute atomic E-state index is 1.13. The molecule has 1 rings (SSSR count). The van der Waals surface area contributed by atoms with Gasteiger partial charge in [-0.1, -0.05) is 11.6 Å². The fourth-order valence-electron chi connectivity index (χ4n) is 1.15. The number of piperidine rings is 1. The molecule has 0 aromatic heterocycles. The smallest absolute Gasteiger partial charge is 0.0164 e. The van der Waals surface area contributed by atoms with E-state index in [0.29, 0.717) is 0 Å². The van der Waals surface area contributed by atoms with Gasteiger partial charge < -0.3 is 5.32 Å². The fourth-order valence-corrected chi connectivity index (χ4v) is 1.56. The molecule has 1 nitrogen and oxygen atoms in total. The fraction of sp³-hybridized carbons (Fsp3) is 0.750. The number of thioether (sulfide) groups is 1. The van der Waals surface area contributed by atoms with Crippen LogP contribution in [0.3, 0.4) is 0 Å². The maximum Gasteiger partial charge on any atom is 0.0164 e. The normalized spacial score (nSPS) is 23.5. The standard InChI is InChI=1S/C8H15NS/c1-10-6-4-8-3-2-5-9-7-8/h4,9H,2-3,5-7H2,1H3/b8-4+. The van der Waals surface area contributed by atoms with Crippen molar-refractivity contribution in [2.24, 2.45) is 0 Å². The Morgan fingerprint density at radius 1 is 1.70 bits per heavy atom. The Morgan fingerprint density at radius 3 is 3.20 bits per heavy atom. The molecule has 0 atom stereocenters. The topological polar surface area (TPSA) is 12.0 Å². The SMILES string of the molecule is CSC/C=C1\CCCNC1. The van der Waals surface area contributed by atoms with Crippen LogP contribution >= 0.6 is 11.8 Å². The van der Waals surface area contributed by atoms with E-state index in [9.17, 15) is 0 Å². The van der Waals surface area contributed by atoms with E-state index in [-0.39, 0.29) is 0 Å². The van der Waals surface area contributed by atoms with Crippen LogP contribution in [0.5, 0.6) is 0 Å². The molecule has 1 aliphatic heterocycles. The molecule has 1 N–H and O–H groups in total. The lowest BCUT2D eigenvalue weighted by atomic mass is 10.1. The van der Waals surface area contributed by atoms with Gasteiger partial charge in [0.25, 0.3) is 0 Å². The molecular weight excluding hydrogens is 142 g/mol. The molecule has 58 valence electrons. The van der Waals surface area contributed by atoms with Crippen LogP contribution < -0.4 is 5.32 Å². The first-order valence-corrected chi connectivity index (χ1v) is 5.20. The molecule has 0 amide bonds. The summed E-state index contributed by atoms with van der Waals surface area (Å²) in [5.74, 6) is 1.18. The van der Waals surface area contributed by atoms with Gasteiger partial charge in [-0.05, 0) is 25.6 Å². The van der Waals surface area contributed by atoms with Crippen molar-refractivity contribution in [1.29, 1.82) is 0 Å². The zero-order valence-electron chi connectivity index (χ0n) is 6.52. The second kappa shape index (κ2) is 4.80. The van der Waals surface area contributed by atoms with Crippen molar-refractivity contribution in [3.63, 3.8) is 0 Å². The molecule has 0 aromatic rings. The van der Waals surface area contributed by atoms with Crippen LogP contribution in [-0.2, 0) is 0 Å². The second-order valence-electron chi connectivity index (χ2n) is 2.60. The van der Waals surface area contributed by atoms with Gasteiger partial charge in [-0.2, -0.15) is 11.8 Å².